The monoisotopic (exact) mass is 260 g/mol. The van der Waals surface area contributed by atoms with Crippen molar-refractivity contribution in [1.82, 2.24) is 9.88 Å². The molecule has 1 aliphatic carbocycles. The van der Waals surface area contributed by atoms with Gasteiger partial charge < -0.3 is 5.11 Å². The van der Waals surface area contributed by atoms with E-state index >= 15 is 0 Å². The number of carboxylic acids is 1. The van der Waals surface area contributed by atoms with Crippen molar-refractivity contribution in [1.29, 1.82) is 0 Å². The minimum Gasteiger partial charge on any atom is -0.480 e. The van der Waals surface area contributed by atoms with E-state index in [9.17, 15) is 9.90 Å². The number of aliphatic carboxylic acids is 1. The third-order valence-corrected chi connectivity index (χ3v) is 4.87. The smallest absolute Gasteiger partial charge is 0.321 e. The van der Waals surface area contributed by atoms with Crippen LogP contribution in [0.3, 0.4) is 0 Å². The van der Waals surface area contributed by atoms with Crippen LogP contribution in [-0.2, 0) is 4.79 Å². The van der Waals surface area contributed by atoms with E-state index in [0.29, 0.717) is 11.8 Å². The maximum atomic E-state index is 11.6. The molecule has 1 aliphatic heterocycles. The van der Waals surface area contributed by atoms with Gasteiger partial charge in [-0.2, -0.15) is 0 Å². The van der Waals surface area contributed by atoms with E-state index in [1.165, 1.54) is 12.8 Å². The Kier molecular flexibility index (Phi) is 3.27. The molecule has 0 radical (unpaired) electrons. The molecule has 4 atom stereocenters. The van der Waals surface area contributed by atoms with E-state index in [2.05, 4.69) is 16.8 Å². The molecule has 4 nitrogen and oxygen atoms in total. The van der Waals surface area contributed by atoms with Crippen molar-refractivity contribution in [3.63, 3.8) is 0 Å². The average molecular weight is 260 g/mol. The van der Waals surface area contributed by atoms with Crippen LogP contribution in [0.1, 0.15) is 37.8 Å². The van der Waals surface area contributed by atoms with Crippen LogP contribution in [0.4, 0.5) is 0 Å². The largest absolute Gasteiger partial charge is 0.480 e. The summed E-state index contributed by atoms with van der Waals surface area (Å²) in [6, 6.07) is 3.81. The number of carbonyl (C=O) groups is 1. The summed E-state index contributed by atoms with van der Waals surface area (Å²) in [7, 11) is 0. The van der Waals surface area contributed by atoms with Crippen LogP contribution in [-0.4, -0.2) is 33.5 Å². The SMILES string of the molecule is CC(c1ccncc1)N1CC2CCCC2C1C(=O)O. The first-order valence-electron chi connectivity index (χ1n) is 7.07. The summed E-state index contributed by atoms with van der Waals surface area (Å²) < 4.78 is 0. The van der Waals surface area contributed by atoms with Crippen LogP contribution in [0.2, 0.25) is 0 Å². The Balaban J connectivity index is 1.85. The maximum absolute atomic E-state index is 11.6. The van der Waals surface area contributed by atoms with Crippen molar-refractivity contribution >= 4 is 5.97 Å². The standard InChI is InChI=1S/C15H20N2O2/c1-10(11-5-7-16-8-6-11)17-9-12-3-2-4-13(12)14(17)15(18)19/h5-8,10,12-14H,2-4,9H2,1H3,(H,18,19). The molecule has 0 amide bonds. The molecule has 4 unspecified atom stereocenters. The van der Waals surface area contributed by atoms with Crippen molar-refractivity contribution in [3.8, 4) is 0 Å². The number of carboxylic acid groups (broad SMARTS) is 1. The number of hydrogen-bond acceptors (Lipinski definition) is 3. The maximum Gasteiger partial charge on any atom is 0.321 e. The van der Waals surface area contributed by atoms with E-state index in [4.69, 9.17) is 0 Å². The van der Waals surface area contributed by atoms with Gasteiger partial charge in [-0.15, -0.1) is 0 Å². The second kappa shape index (κ2) is 4.93. The molecule has 0 aromatic carbocycles. The van der Waals surface area contributed by atoms with Crippen LogP contribution in [0.5, 0.6) is 0 Å². The van der Waals surface area contributed by atoms with Crippen LogP contribution in [0, 0.1) is 11.8 Å². The van der Waals surface area contributed by atoms with E-state index in [0.717, 1.165) is 18.5 Å². The third-order valence-electron chi connectivity index (χ3n) is 4.87. The Bertz CT molecular complexity index is 462. The summed E-state index contributed by atoms with van der Waals surface area (Å²) in [5, 5.41) is 9.57. The molecular formula is C15H20N2O2. The van der Waals surface area contributed by atoms with Crippen molar-refractivity contribution < 1.29 is 9.90 Å². The molecule has 3 rings (SSSR count). The summed E-state index contributed by atoms with van der Waals surface area (Å²) in [6.07, 6.45) is 7.00. The van der Waals surface area contributed by atoms with Gasteiger partial charge in [0.2, 0.25) is 0 Å². The summed E-state index contributed by atoms with van der Waals surface area (Å²) in [5.74, 6) is 0.266. The van der Waals surface area contributed by atoms with Gasteiger partial charge in [0.1, 0.15) is 6.04 Å². The highest BCUT2D eigenvalue weighted by Gasteiger charge is 2.49. The highest BCUT2D eigenvalue weighted by molar-refractivity contribution is 5.74. The summed E-state index contributed by atoms with van der Waals surface area (Å²) in [6.45, 7) is 3.03. The lowest BCUT2D eigenvalue weighted by Crippen LogP contribution is -2.41. The van der Waals surface area contributed by atoms with Gasteiger partial charge in [-0.1, -0.05) is 6.42 Å². The van der Waals surface area contributed by atoms with Crippen LogP contribution in [0.15, 0.2) is 24.5 Å². The lowest BCUT2D eigenvalue weighted by Gasteiger charge is -2.30. The normalized spacial score (nSPS) is 32.2. The highest BCUT2D eigenvalue weighted by Crippen LogP contribution is 2.45. The molecule has 2 heterocycles. The lowest BCUT2D eigenvalue weighted by atomic mass is 9.94. The molecule has 102 valence electrons. The Hall–Kier alpha value is -1.42. The van der Waals surface area contributed by atoms with Crippen LogP contribution >= 0.6 is 0 Å². The van der Waals surface area contributed by atoms with Gasteiger partial charge in [-0.25, -0.2) is 0 Å². The van der Waals surface area contributed by atoms with Gasteiger partial charge in [0.05, 0.1) is 0 Å². The predicted octanol–water partition coefficient (Wildman–Crippen LogP) is 2.33. The molecule has 0 bridgehead atoms. The molecule has 1 saturated carbocycles. The molecule has 1 saturated heterocycles. The van der Waals surface area contributed by atoms with Crippen molar-refractivity contribution in [2.24, 2.45) is 11.8 Å². The molecule has 2 fully saturated rings. The Morgan fingerprint density at radius 1 is 1.42 bits per heavy atom. The summed E-state index contributed by atoms with van der Waals surface area (Å²) in [5.41, 5.74) is 1.15. The highest BCUT2D eigenvalue weighted by atomic mass is 16.4. The Labute approximate surface area is 113 Å². The van der Waals surface area contributed by atoms with E-state index in [1.807, 2.05) is 12.1 Å². The van der Waals surface area contributed by atoms with E-state index in [1.54, 1.807) is 12.4 Å². The number of likely N-dealkylation sites (tertiary alicyclic amines) is 1. The fraction of sp³-hybridized carbons (Fsp3) is 0.600. The van der Waals surface area contributed by atoms with Crippen molar-refractivity contribution in [2.75, 3.05) is 6.54 Å². The van der Waals surface area contributed by atoms with Crippen LogP contribution in [0.25, 0.3) is 0 Å². The van der Waals surface area contributed by atoms with Crippen LogP contribution < -0.4 is 0 Å². The fourth-order valence-corrected chi connectivity index (χ4v) is 3.90. The molecular weight excluding hydrogens is 240 g/mol. The van der Waals surface area contributed by atoms with Crippen molar-refractivity contribution in [2.45, 2.75) is 38.3 Å². The predicted molar refractivity (Wildman–Crippen MR) is 71.6 cm³/mol. The van der Waals surface area contributed by atoms with Gasteiger partial charge in [-0.05, 0) is 49.3 Å². The average Bonchev–Trinajstić information content (AvgIpc) is 2.98. The van der Waals surface area contributed by atoms with Gasteiger partial charge in [0.15, 0.2) is 0 Å². The topological polar surface area (TPSA) is 53.4 Å². The third kappa shape index (κ3) is 2.14. The summed E-state index contributed by atoms with van der Waals surface area (Å²) in [4.78, 5) is 17.8. The number of rotatable bonds is 3. The minimum absolute atomic E-state index is 0.148. The number of pyridine rings is 1. The summed E-state index contributed by atoms with van der Waals surface area (Å²) >= 11 is 0. The van der Waals surface area contributed by atoms with Crippen molar-refractivity contribution in [3.05, 3.63) is 30.1 Å². The Morgan fingerprint density at radius 2 is 2.16 bits per heavy atom. The van der Waals surface area contributed by atoms with Gasteiger partial charge in [-0.3, -0.25) is 14.7 Å². The zero-order valence-corrected chi connectivity index (χ0v) is 11.2. The first-order valence-corrected chi connectivity index (χ1v) is 7.07. The Morgan fingerprint density at radius 3 is 2.84 bits per heavy atom. The molecule has 2 aliphatic rings. The molecule has 4 heteroatoms. The number of aromatic nitrogens is 1. The molecule has 1 N–H and O–H groups in total. The second-order valence-corrected chi connectivity index (χ2v) is 5.79. The van der Waals surface area contributed by atoms with Gasteiger partial charge in [0, 0.05) is 25.0 Å². The second-order valence-electron chi connectivity index (χ2n) is 5.79. The van der Waals surface area contributed by atoms with Gasteiger partial charge >= 0.3 is 5.97 Å². The number of nitrogens with zero attached hydrogens (tertiary/aromatic N) is 2. The van der Waals surface area contributed by atoms with E-state index in [-0.39, 0.29) is 12.1 Å². The van der Waals surface area contributed by atoms with Gasteiger partial charge in [0.25, 0.3) is 0 Å². The van der Waals surface area contributed by atoms with E-state index < -0.39 is 5.97 Å². The quantitative estimate of drug-likeness (QED) is 0.906. The zero-order valence-electron chi connectivity index (χ0n) is 11.2. The first-order chi connectivity index (χ1) is 9.18. The zero-order chi connectivity index (χ0) is 13.4. The minimum atomic E-state index is -0.657. The molecule has 1 aromatic heterocycles. The first kappa shape index (κ1) is 12.6. The molecule has 1 aromatic rings. The number of fused-ring (bicyclic) bond motifs is 1. The number of hydrogen-bond donors (Lipinski definition) is 1. The molecule has 0 spiro atoms. The molecule has 19 heavy (non-hydrogen) atoms. The lowest BCUT2D eigenvalue weighted by molar-refractivity contribution is -0.144. The fourth-order valence-electron chi connectivity index (χ4n) is 3.90.